The molecule has 1 aliphatic heterocycles. The van der Waals surface area contributed by atoms with E-state index < -0.39 is 16.1 Å². The molecule has 2 aromatic heterocycles. The maximum absolute atomic E-state index is 11.6. The van der Waals surface area contributed by atoms with E-state index >= 15 is 0 Å². The predicted octanol–water partition coefficient (Wildman–Crippen LogP) is 4.36. The molecule has 1 aromatic carbocycles. The van der Waals surface area contributed by atoms with Crippen LogP contribution >= 0.6 is 11.3 Å². The van der Waals surface area contributed by atoms with E-state index in [9.17, 15) is 18.3 Å². The third-order valence-corrected chi connectivity index (χ3v) is 7.31. The largest absolute Gasteiger partial charge is 0.465 e. The van der Waals surface area contributed by atoms with E-state index in [1.807, 2.05) is 35.7 Å². The Morgan fingerprint density at radius 3 is 2.57 bits per heavy atom. The molecule has 0 unspecified atom stereocenters. The second-order valence-corrected chi connectivity index (χ2v) is 11.2. The molecule has 0 radical (unpaired) electrons. The number of anilines is 2. The molecule has 1 fully saturated rings. The minimum absolute atomic E-state index is 0.333. The van der Waals surface area contributed by atoms with Crippen LogP contribution in [0.3, 0.4) is 0 Å². The SMILES string of the molecule is CS(=O)(=O)Nc1ccc(-c2cccc(N3CCC(CCN(Cc4cscn4)C(=O)O)CC3)n2)cc1. The van der Waals surface area contributed by atoms with Gasteiger partial charge in [0.2, 0.25) is 10.0 Å². The number of piperidine rings is 1. The molecule has 0 saturated carbocycles. The number of nitrogens with one attached hydrogen (secondary N) is 1. The Hall–Kier alpha value is -3.18. The van der Waals surface area contributed by atoms with Gasteiger partial charge >= 0.3 is 6.09 Å². The van der Waals surface area contributed by atoms with Gasteiger partial charge in [0.25, 0.3) is 0 Å². The lowest BCUT2D eigenvalue weighted by molar-refractivity contribution is 0.137. The highest BCUT2D eigenvalue weighted by Crippen LogP contribution is 2.27. The van der Waals surface area contributed by atoms with Gasteiger partial charge in [-0.3, -0.25) is 4.72 Å². The van der Waals surface area contributed by atoms with Crippen molar-refractivity contribution in [3.05, 3.63) is 59.0 Å². The summed E-state index contributed by atoms with van der Waals surface area (Å²) in [5, 5.41) is 11.4. The first-order chi connectivity index (χ1) is 16.8. The normalized spacial score (nSPS) is 14.6. The number of pyridine rings is 1. The molecule has 0 atom stereocenters. The Kier molecular flexibility index (Phi) is 7.86. The molecule has 0 spiro atoms. The lowest BCUT2D eigenvalue weighted by Crippen LogP contribution is -2.36. The third-order valence-electron chi connectivity index (χ3n) is 6.07. The van der Waals surface area contributed by atoms with Crippen molar-refractivity contribution >= 4 is 39.0 Å². The zero-order valence-electron chi connectivity index (χ0n) is 19.5. The highest BCUT2D eigenvalue weighted by Gasteiger charge is 2.22. The van der Waals surface area contributed by atoms with Crippen LogP contribution in [0, 0.1) is 5.92 Å². The Morgan fingerprint density at radius 1 is 1.20 bits per heavy atom. The van der Waals surface area contributed by atoms with Crippen LogP contribution in [0.5, 0.6) is 0 Å². The second kappa shape index (κ2) is 11.0. The zero-order valence-corrected chi connectivity index (χ0v) is 21.1. The number of sulfonamides is 1. The number of hydrogen-bond acceptors (Lipinski definition) is 7. The monoisotopic (exact) mass is 515 g/mol. The summed E-state index contributed by atoms with van der Waals surface area (Å²) >= 11 is 1.47. The topological polar surface area (TPSA) is 116 Å². The van der Waals surface area contributed by atoms with Crippen molar-refractivity contribution in [1.29, 1.82) is 0 Å². The van der Waals surface area contributed by atoms with Gasteiger partial charge in [-0.2, -0.15) is 0 Å². The number of benzene rings is 1. The van der Waals surface area contributed by atoms with Crippen LogP contribution < -0.4 is 9.62 Å². The Bertz CT molecular complexity index is 1230. The number of carboxylic acid groups (broad SMARTS) is 1. The molecule has 11 heteroatoms. The number of nitrogens with zero attached hydrogens (tertiary/aromatic N) is 4. The smallest absolute Gasteiger partial charge is 0.407 e. The summed E-state index contributed by atoms with van der Waals surface area (Å²) in [5.41, 5.74) is 4.77. The number of aromatic nitrogens is 2. The molecule has 35 heavy (non-hydrogen) atoms. The van der Waals surface area contributed by atoms with Gasteiger partial charge in [-0.1, -0.05) is 18.2 Å². The fraction of sp³-hybridized carbons (Fsp3) is 0.375. The molecule has 4 rings (SSSR count). The lowest BCUT2D eigenvalue weighted by Gasteiger charge is -2.33. The quantitative estimate of drug-likeness (QED) is 0.435. The lowest BCUT2D eigenvalue weighted by atomic mass is 9.93. The van der Waals surface area contributed by atoms with E-state index in [0.717, 1.165) is 61.4 Å². The first-order valence-corrected chi connectivity index (χ1v) is 14.3. The molecule has 2 N–H and O–H groups in total. The van der Waals surface area contributed by atoms with Crippen molar-refractivity contribution in [2.45, 2.75) is 25.8 Å². The van der Waals surface area contributed by atoms with E-state index in [2.05, 4.69) is 14.6 Å². The van der Waals surface area contributed by atoms with Crippen LogP contribution in [-0.2, 0) is 16.6 Å². The first-order valence-electron chi connectivity index (χ1n) is 11.4. The maximum atomic E-state index is 11.6. The Labute approximate surface area is 209 Å². The number of hydrogen-bond donors (Lipinski definition) is 2. The molecular formula is C24H29N5O4S2. The van der Waals surface area contributed by atoms with Crippen molar-refractivity contribution in [3.8, 4) is 11.3 Å². The molecule has 0 aliphatic carbocycles. The summed E-state index contributed by atoms with van der Waals surface area (Å²) in [7, 11) is -3.31. The van der Waals surface area contributed by atoms with E-state index in [-0.39, 0.29) is 0 Å². The van der Waals surface area contributed by atoms with Gasteiger partial charge in [-0.05, 0) is 49.4 Å². The minimum atomic E-state index is -3.31. The Balaban J connectivity index is 1.31. The second-order valence-electron chi connectivity index (χ2n) is 8.74. The molecule has 9 nitrogen and oxygen atoms in total. The molecule has 0 bridgehead atoms. The van der Waals surface area contributed by atoms with Crippen molar-refractivity contribution in [2.24, 2.45) is 5.92 Å². The van der Waals surface area contributed by atoms with Crippen LogP contribution in [-0.4, -0.2) is 60.4 Å². The fourth-order valence-electron chi connectivity index (χ4n) is 4.23. The third kappa shape index (κ3) is 7.15. The average Bonchev–Trinajstić information content (AvgIpc) is 3.35. The van der Waals surface area contributed by atoms with Crippen LogP contribution in [0.15, 0.2) is 53.4 Å². The van der Waals surface area contributed by atoms with Crippen LogP contribution in [0.2, 0.25) is 0 Å². The molecular weight excluding hydrogens is 486 g/mol. The average molecular weight is 516 g/mol. The molecule has 3 heterocycles. The predicted molar refractivity (Wildman–Crippen MR) is 138 cm³/mol. The van der Waals surface area contributed by atoms with Crippen molar-refractivity contribution in [2.75, 3.05) is 35.5 Å². The highest BCUT2D eigenvalue weighted by molar-refractivity contribution is 7.92. The van der Waals surface area contributed by atoms with Crippen LogP contribution in [0.4, 0.5) is 16.3 Å². The molecule has 186 valence electrons. The number of thiazole rings is 1. The molecule has 1 amide bonds. The van der Waals surface area contributed by atoms with E-state index in [1.54, 1.807) is 17.6 Å². The van der Waals surface area contributed by atoms with E-state index in [1.165, 1.54) is 16.2 Å². The van der Waals surface area contributed by atoms with Gasteiger partial charge in [0, 0.05) is 36.3 Å². The summed E-state index contributed by atoms with van der Waals surface area (Å²) < 4.78 is 25.3. The van der Waals surface area contributed by atoms with Gasteiger partial charge in [0.15, 0.2) is 0 Å². The van der Waals surface area contributed by atoms with Gasteiger partial charge in [0.1, 0.15) is 5.82 Å². The summed E-state index contributed by atoms with van der Waals surface area (Å²) in [6, 6.07) is 13.1. The fourth-order valence-corrected chi connectivity index (χ4v) is 5.34. The number of amides is 1. The summed E-state index contributed by atoms with van der Waals surface area (Å²) in [4.78, 5) is 24.4. The van der Waals surface area contributed by atoms with Crippen molar-refractivity contribution in [1.82, 2.24) is 14.9 Å². The van der Waals surface area contributed by atoms with Gasteiger partial charge in [-0.25, -0.2) is 23.2 Å². The van der Waals surface area contributed by atoms with Gasteiger partial charge in [0.05, 0.1) is 29.7 Å². The minimum Gasteiger partial charge on any atom is -0.465 e. The van der Waals surface area contributed by atoms with Gasteiger partial charge in [-0.15, -0.1) is 11.3 Å². The van der Waals surface area contributed by atoms with E-state index in [0.29, 0.717) is 24.7 Å². The first kappa shape index (κ1) is 24.9. The zero-order chi connectivity index (χ0) is 24.8. The summed E-state index contributed by atoms with van der Waals surface area (Å²) in [6.45, 7) is 2.59. The Morgan fingerprint density at radius 2 is 1.94 bits per heavy atom. The van der Waals surface area contributed by atoms with E-state index in [4.69, 9.17) is 4.98 Å². The number of carbonyl (C=O) groups is 1. The molecule has 1 saturated heterocycles. The number of rotatable bonds is 9. The van der Waals surface area contributed by atoms with Crippen molar-refractivity contribution in [3.63, 3.8) is 0 Å². The molecule has 3 aromatic rings. The standard InChI is InChI=1S/C24H29N5O4S2/c1-35(32,33)27-20-7-5-19(6-8-20)22-3-2-4-23(26-22)28-12-9-18(10-13-28)11-14-29(24(30)31)15-21-16-34-17-25-21/h2-8,16-18,27H,9-15H2,1H3,(H,30,31). The van der Waals surface area contributed by atoms with Gasteiger partial charge < -0.3 is 14.9 Å². The summed E-state index contributed by atoms with van der Waals surface area (Å²) in [5.74, 6) is 1.39. The van der Waals surface area contributed by atoms with Crippen LogP contribution in [0.25, 0.3) is 11.3 Å². The molecule has 1 aliphatic rings. The van der Waals surface area contributed by atoms with Crippen molar-refractivity contribution < 1.29 is 18.3 Å². The van der Waals surface area contributed by atoms with Crippen LogP contribution in [0.1, 0.15) is 25.0 Å². The maximum Gasteiger partial charge on any atom is 0.407 e. The highest BCUT2D eigenvalue weighted by atomic mass is 32.2. The summed E-state index contributed by atoms with van der Waals surface area (Å²) in [6.07, 6.45) is 3.03.